The third kappa shape index (κ3) is 1.67. The Morgan fingerprint density at radius 3 is 2.29 bits per heavy atom. The molecule has 0 bridgehead atoms. The molecule has 2 N–H and O–H groups in total. The number of nitrogens with two attached hydrogens (primary N) is 1. The fourth-order valence-electron chi connectivity index (χ4n) is 1.90. The zero-order chi connectivity index (χ0) is 10.0. The SMILES string of the molecule is NCC1(c2ccc(CCF)cc2)CC1. The molecular formula is C12H16FN. The first-order chi connectivity index (χ1) is 6.80. The summed E-state index contributed by atoms with van der Waals surface area (Å²) in [5, 5.41) is 0. The molecule has 1 nitrogen and oxygen atoms in total. The van der Waals surface area contributed by atoms with E-state index in [2.05, 4.69) is 12.1 Å². The minimum atomic E-state index is -0.276. The third-order valence-corrected chi connectivity index (χ3v) is 3.19. The fourth-order valence-corrected chi connectivity index (χ4v) is 1.90. The van der Waals surface area contributed by atoms with Gasteiger partial charge in [-0.05, 0) is 24.0 Å². The molecule has 76 valence electrons. The van der Waals surface area contributed by atoms with E-state index in [9.17, 15) is 4.39 Å². The molecule has 0 spiro atoms. The molecule has 0 saturated heterocycles. The topological polar surface area (TPSA) is 26.0 Å². The lowest BCUT2D eigenvalue weighted by molar-refractivity contribution is 0.495. The molecule has 0 radical (unpaired) electrons. The molecule has 1 aliphatic rings. The first kappa shape index (κ1) is 9.66. The molecule has 2 heteroatoms. The second-order valence-electron chi connectivity index (χ2n) is 4.12. The highest BCUT2D eigenvalue weighted by atomic mass is 19.1. The molecule has 0 atom stereocenters. The molecular weight excluding hydrogens is 177 g/mol. The summed E-state index contributed by atoms with van der Waals surface area (Å²) in [4.78, 5) is 0. The van der Waals surface area contributed by atoms with E-state index in [4.69, 9.17) is 5.73 Å². The number of aryl methyl sites for hydroxylation is 1. The van der Waals surface area contributed by atoms with Crippen molar-refractivity contribution in [1.82, 2.24) is 0 Å². The maximum absolute atomic E-state index is 12.1. The predicted octanol–water partition coefficient (Wildman–Crippen LogP) is 2.19. The highest BCUT2D eigenvalue weighted by molar-refractivity contribution is 5.34. The van der Waals surface area contributed by atoms with Crippen molar-refractivity contribution in [2.45, 2.75) is 24.7 Å². The lowest BCUT2D eigenvalue weighted by atomic mass is 9.95. The highest BCUT2D eigenvalue weighted by Crippen LogP contribution is 2.47. The van der Waals surface area contributed by atoms with Crippen molar-refractivity contribution in [3.05, 3.63) is 35.4 Å². The first-order valence-electron chi connectivity index (χ1n) is 5.16. The molecule has 1 saturated carbocycles. The monoisotopic (exact) mass is 193 g/mol. The van der Waals surface area contributed by atoms with Crippen LogP contribution in [0.2, 0.25) is 0 Å². The third-order valence-electron chi connectivity index (χ3n) is 3.19. The van der Waals surface area contributed by atoms with Crippen LogP contribution in [0, 0.1) is 0 Å². The lowest BCUT2D eigenvalue weighted by Gasteiger charge is -2.12. The highest BCUT2D eigenvalue weighted by Gasteiger charge is 2.42. The smallest absolute Gasteiger partial charge is 0.0934 e. The van der Waals surface area contributed by atoms with Crippen LogP contribution in [-0.2, 0) is 11.8 Å². The van der Waals surface area contributed by atoms with Crippen molar-refractivity contribution in [1.29, 1.82) is 0 Å². The second kappa shape index (κ2) is 3.70. The Morgan fingerprint density at radius 2 is 1.86 bits per heavy atom. The first-order valence-corrected chi connectivity index (χ1v) is 5.16. The van der Waals surface area contributed by atoms with Crippen LogP contribution in [0.4, 0.5) is 4.39 Å². The van der Waals surface area contributed by atoms with Gasteiger partial charge in [0.25, 0.3) is 0 Å². The Bertz CT molecular complexity index is 301. The van der Waals surface area contributed by atoms with Gasteiger partial charge in [0.15, 0.2) is 0 Å². The molecule has 0 amide bonds. The van der Waals surface area contributed by atoms with Gasteiger partial charge in [-0.25, -0.2) is 0 Å². The molecule has 0 unspecified atom stereocenters. The molecule has 0 heterocycles. The van der Waals surface area contributed by atoms with Crippen LogP contribution in [-0.4, -0.2) is 13.2 Å². The van der Waals surface area contributed by atoms with Crippen LogP contribution < -0.4 is 5.73 Å². The van der Waals surface area contributed by atoms with E-state index in [1.807, 2.05) is 12.1 Å². The number of hydrogen-bond acceptors (Lipinski definition) is 1. The Hall–Kier alpha value is -0.890. The summed E-state index contributed by atoms with van der Waals surface area (Å²) in [6.07, 6.45) is 2.92. The minimum absolute atomic E-state index is 0.258. The Kier molecular flexibility index (Phi) is 2.55. The lowest BCUT2D eigenvalue weighted by Crippen LogP contribution is -2.19. The van der Waals surface area contributed by atoms with E-state index in [-0.39, 0.29) is 12.1 Å². The standard InChI is InChI=1S/C12H16FN/c13-8-5-10-1-3-11(4-2-10)12(9-14)6-7-12/h1-4H,5-9,14H2. The summed E-state index contributed by atoms with van der Waals surface area (Å²) in [5.74, 6) is 0. The van der Waals surface area contributed by atoms with E-state index in [1.54, 1.807) is 0 Å². The van der Waals surface area contributed by atoms with E-state index >= 15 is 0 Å². The maximum Gasteiger partial charge on any atom is 0.0934 e. The quantitative estimate of drug-likeness (QED) is 0.779. The minimum Gasteiger partial charge on any atom is -0.330 e. The van der Waals surface area contributed by atoms with Crippen molar-refractivity contribution >= 4 is 0 Å². The van der Waals surface area contributed by atoms with Gasteiger partial charge in [-0.1, -0.05) is 24.3 Å². The number of halogens is 1. The summed E-state index contributed by atoms with van der Waals surface area (Å²) in [6, 6.07) is 8.24. The summed E-state index contributed by atoms with van der Waals surface area (Å²) in [7, 11) is 0. The van der Waals surface area contributed by atoms with E-state index in [0.29, 0.717) is 6.42 Å². The summed E-state index contributed by atoms with van der Waals surface area (Å²) < 4.78 is 12.1. The van der Waals surface area contributed by atoms with Gasteiger partial charge >= 0.3 is 0 Å². The summed E-state index contributed by atoms with van der Waals surface area (Å²) in [5.41, 5.74) is 8.39. The van der Waals surface area contributed by atoms with Gasteiger partial charge in [-0.2, -0.15) is 0 Å². The predicted molar refractivity (Wildman–Crippen MR) is 56.1 cm³/mol. The van der Waals surface area contributed by atoms with Gasteiger partial charge in [-0.15, -0.1) is 0 Å². The number of benzene rings is 1. The number of hydrogen-bond donors (Lipinski definition) is 1. The van der Waals surface area contributed by atoms with Crippen LogP contribution in [0.1, 0.15) is 24.0 Å². The average molecular weight is 193 g/mol. The zero-order valence-electron chi connectivity index (χ0n) is 8.30. The Balaban J connectivity index is 2.14. The van der Waals surface area contributed by atoms with Crippen LogP contribution >= 0.6 is 0 Å². The normalized spacial score (nSPS) is 18.1. The number of rotatable bonds is 4. The molecule has 0 aliphatic heterocycles. The van der Waals surface area contributed by atoms with Gasteiger partial charge in [-0.3, -0.25) is 4.39 Å². The van der Waals surface area contributed by atoms with Crippen LogP contribution in [0.3, 0.4) is 0 Å². The van der Waals surface area contributed by atoms with Gasteiger partial charge in [0.05, 0.1) is 6.67 Å². The van der Waals surface area contributed by atoms with Crippen molar-refractivity contribution in [2.24, 2.45) is 5.73 Å². The molecule has 1 aromatic carbocycles. The molecule has 1 fully saturated rings. The van der Waals surface area contributed by atoms with E-state index in [0.717, 1.165) is 12.1 Å². The van der Waals surface area contributed by atoms with E-state index in [1.165, 1.54) is 18.4 Å². The van der Waals surface area contributed by atoms with Crippen LogP contribution in [0.25, 0.3) is 0 Å². The fraction of sp³-hybridized carbons (Fsp3) is 0.500. The van der Waals surface area contributed by atoms with Gasteiger partial charge in [0.1, 0.15) is 0 Å². The molecule has 2 rings (SSSR count). The van der Waals surface area contributed by atoms with Crippen molar-refractivity contribution < 1.29 is 4.39 Å². The molecule has 1 aromatic rings. The van der Waals surface area contributed by atoms with Gasteiger partial charge < -0.3 is 5.73 Å². The summed E-state index contributed by atoms with van der Waals surface area (Å²) >= 11 is 0. The van der Waals surface area contributed by atoms with Crippen molar-refractivity contribution in [3.63, 3.8) is 0 Å². The van der Waals surface area contributed by atoms with Crippen LogP contribution in [0.15, 0.2) is 24.3 Å². The van der Waals surface area contributed by atoms with Gasteiger partial charge in [0.2, 0.25) is 0 Å². The van der Waals surface area contributed by atoms with Crippen molar-refractivity contribution in [3.8, 4) is 0 Å². The zero-order valence-corrected chi connectivity index (χ0v) is 8.30. The molecule has 1 aliphatic carbocycles. The van der Waals surface area contributed by atoms with Crippen molar-refractivity contribution in [2.75, 3.05) is 13.2 Å². The largest absolute Gasteiger partial charge is 0.330 e. The summed E-state index contributed by atoms with van der Waals surface area (Å²) in [6.45, 7) is 0.455. The average Bonchev–Trinajstić information content (AvgIpc) is 3.00. The molecule has 0 aromatic heterocycles. The van der Waals surface area contributed by atoms with E-state index < -0.39 is 0 Å². The number of alkyl halides is 1. The second-order valence-corrected chi connectivity index (χ2v) is 4.12. The maximum atomic E-state index is 12.1. The van der Waals surface area contributed by atoms with Gasteiger partial charge in [0, 0.05) is 18.4 Å². The van der Waals surface area contributed by atoms with Crippen LogP contribution in [0.5, 0.6) is 0 Å². The Morgan fingerprint density at radius 1 is 1.21 bits per heavy atom. The molecule has 14 heavy (non-hydrogen) atoms. The Labute approximate surface area is 84.1 Å².